The number of carbonyl (C=O) groups is 3. The number of sulfone groups is 1. The van der Waals surface area contributed by atoms with Crippen molar-refractivity contribution in [1.82, 2.24) is 10.2 Å². The third-order valence-corrected chi connectivity index (χ3v) is 6.53. The predicted octanol–water partition coefficient (Wildman–Crippen LogP) is 1.15. The maximum atomic E-state index is 12.2. The number of rotatable bonds is 7. The molecule has 1 aromatic carbocycles. The maximum absolute atomic E-state index is 12.2. The molecule has 3 rings (SSSR count). The van der Waals surface area contributed by atoms with Crippen molar-refractivity contribution in [1.29, 1.82) is 0 Å². The first-order valence-corrected chi connectivity index (χ1v) is 10.6. The first-order valence-electron chi connectivity index (χ1n) is 8.82. The molecule has 2 aliphatic heterocycles. The molecule has 1 aromatic rings. The van der Waals surface area contributed by atoms with Gasteiger partial charge in [-0.1, -0.05) is 18.6 Å². The van der Waals surface area contributed by atoms with Crippen LogP contribution >= 0.6 is 0 Å². The second-order valence-corrected chi connectivity index (χ2v) is 9.01. The second kappa shape index (κ2) is 7.57. The van der Waals surface area contributed by atoms with Gasteiger partial charge in [0, 0.05) is 19.0 Å². The van der Waals surface area contributed by atoms with Crippen LogP contribution in [0.4, 0.5) is 0 Å². The van der Waals surface area contributed by atoms with Crippen molar-refractivity contribution in [2.75, 3.05) is 18.1 Å². The van der Waals surface area contributed by atoms with Crippen molar-refractivity contribution < 1.29 is 22.8 Å². The molecule has 1 fully saturated rings. The molecule has 26 heavy (non-hydrogen) atoms. The molecule has 2 aliphatic rings. The van der Waals surface area contributed by atoms with Crippen LogP contribution in [0, 0.1) is 0 Å². The number of nitrogens with one attached hydrogen (secondary N) is 1. The fraction of sp³-hybridized carbons (Fsp3) is 0.500. The number of carbonyl (C=O) groups excluding carboxylic acids is 3. The molecule has 1 N–H and O–H groups in total. The van der Waals surface area contributed by atoms with Crippen LogP contribution in [0.1, 0.15) is 52.8 Å². The van der Waals surface area contributed by atoms with Gasteiger partial charge in [0.05, 0.1) is 22.6 Å². The van der Waals surface area contributed by atoms with Crippen LogP contribution in [0.15, 0.2) is 24.3 Å². The Bertz CT molecular complexity index is 799. The monoisotopic (exact) mass is 378 g/mol. The van der Waals surface area contributed by atoms with E-state index in [1.807, 2.05) is 0 Å². The zero-order chi connectivity index (χ0) is 18.7. The summed E-state index contributed by atoms with van der Waals surface area (Å²) in [6.07, 6.45) is 2.78. The summed E-state index contributed by atoms with van der Waals surface area (Å²) in [5.74, 6) is -0.499. The van der Waals surface area contributed by atoms with Gasteiger partial charge in [-0.05, 0) is 31.4 Å². The lowest BCUT2D eigenvalue weighted by molar-refractivity contribution is -0.121. The van der Waals surface area contributed by atoms with Gasteiger partial charge in [-0.3, -0.25) is 19.3 Å². The van der Waals surface area contributed by atoms with Crippen molar-refractivity contribution >= 4 is 27.6 Å². The molecule has 1 saturated heterocycles. The highest BCUT2D eigenvalue weighted by molar-refractivity contribution is 7.91. The van der Waals surface area contributed by atoms with Gasteiger partial charge in [0.2, 0.25) is 5.91 Å². The first-order chi connectivity index (χ1) is 12.4. The van der Waals surface area contributed by atoms with Crippen LogP contribution in [0.5, 0.6) is 0 Å². The predicted molar refractivity (Wildman–Crippen MR) is 95.5 cm³/mol. The van der Waals surface area contributed by atoms with Crippen LogP contribution in [-0.4, -0.2) is 55.1 Å². The molecule has 0 spiro atoms. The van der Waals surface area contributed by atoms with E-state index in [1.165, 1.54) is 4.90 Å². The number of fused-ring (bicyclic) bond motifs is 1. The summed E-state index contributed by atoms with van der Waals surface area (Å²) >= 11 is 0. The molecule has 0 aliphatic carbocycles. The van der Waals surface area contributed by atoms with E-state index < -0.39 is 9.84 Å². The minimum absolute atomic E-state index is 0.0263. The summed E-state index contributed by atoms with van der Waals surface area (Å²) in [6.45, 7) is 0.342. The van der Waals surface area contributed by atoms with Crippen LogP contribution in [0.2, 0.25) is 0 Å². The summed E-state index contributed by atoms with van der Waals surface area (Å²) in [4.78, 5) is 37.5. The van der Waals surface area contributed by atoms with Gasteiger partial charge in [-0.15, -0.1) is 0 Å². The topological polar surface area (TPSA) is 101 Å². The lowest BCUT2D eigenvalue weighted by atomic mass is 10.1. The number of imide groups is 1. The smallest absolute Gasteiger partial charge is 0.261 e. The normalized spacial score (nSPS) is 21.1. The number of amides is 3. The number of hydrogen-bond acceptors (Lipinski definition) is 5. The summed E-state index contributed by atoms with van der Waals surface area (Å²) in [6, 6.07) is 6.52. The zero-order valence-electron chi connectivity index (χ0n) is 14.4. The number of benzene rings is 1. The Kier molecular flexibility index (Phi) is 5.41. The zero-order valence-corrected chi connectivity index (χ0v) is 15.3. The Labute approximate surface area is 152 Å². The third-order valence-electron chi connectivity index (χ3n) is 4.76. The van der Waals surface area contributed by atoms with Crippen molar-refractivity contribution in [3.8, 4) is 0 Å². The van der Waals surface area contributed by atoms with Crippen LogP contribution < -0.4 is 5.32 Å². The molecule has 1 atom stereocenters. The Morgan fingerprint density at radius 2 is 1.73 bits per heavy atom. The second-order valence-electron chi connectivity index (χ2n) is 6.79. The lowest BCUT2D eigenvalue weighted by Crippen LogP contribution is -2.35. The van der Waals surface area contributed by atoms with Crippen LogP contribution in [-0.2, 0) is 14.6 Å². The van der Waals surface area contributed by atoms with E-state index in [4.69, 9.17) is 0 Å². The number of nitrogens with zero attached hydrogens (tertiary/aromatic N) is 1. The molecule has 0 radical (unpaired) electrons. The van der Waals surface area contributed by atoms with E-state index in [0.29, 0.717) is 49.8 Å². The number of unbranched alkanes of at least 4 members (excludes halogenated alkanes) is 2. The van der Waals surface area contributed by atoms with E-state index in [2.05, 4.69) is 5.32 Å². The molecule has 8 heteroatoms. The Morgan fingerprint density at radius 3 is 2.31 bits per heavy atom. The third kappa shape index (κ3) is 4.12. The van der Waals surface area contributed by atoms with Gasteiger partial charge in [-0.2, -0.15) is 0 Å². The van der Waals surface area contributed by atoms with Gasteiger partial charge < -0.3 is 5.32 Å². The summed E-state index contributed by atoms with van der Waals surface area (Å²) in [7, 11) is -3.00. The standard InChI is InChI=1S/C18H22N2O5S/c21-16(19-13-9-11-26(24,25)12-13)8-2-1-5-10-20-17(22)14-6-3-4-7-15(14)18(20)23/h3-4,6-7,13H,1-2,5,8-12H2,(H,19,21). The SMILES string of the molecule is O=C(CCCCCN1C(=O)c2ccccc2C1=O)NC1CCS(=O)(=O)C1. The fourth-order valence-electron chi connectivity index (χ4n) is 3.38. The Balaban J connectivity index is 1.36. The molecular formula is C18H22N2O5S. The first kappa shape index (κ1) is 18.6. The average molecular weight is 378 g/mol. The molecule has 0 aromatic heterocycles. The molecule has 2 heterocycles. The average Bonchev–Trinajstić information content (AvgIpc) is 3.06. The molecule has 7 nitrogen and oxygen atoms in total. The molecular weight excluding hydrogens is 356 g/mol. The quantitative estimate of drug-likeness (QED) is 0.567. The van der Waals surface area contributed by atoms with Gasteiger partial charge in [0.25, 0.3) is 11.8 Å². The largest absolute Gasteiger partial charge is 0.352 e. The van der Waals surface area contributed by atoms with Gasteiger partial charge in [-0.25, -0.2) is 8.42 Å². The van der Waals surface area contributed by atoms with Crippen molar-refractivity contribution in [2.24, 2.45) is 0 Å². The van der Waals surface area contributed by atoms with E-state index in [0.717, 1.165) is 0 Å². The molecule has 0 bridgehead atoms. The van der Waals surface area contributed by atoms with Crippen molar-refractivity contribution in [3.63, 3.8) is 0 Å². The number of hydrogen-bond donors (Lipinski definition) is 1. The minimum Gasteiger partial charge on any atom is -0.352 e. The summed E-state index contributed by atoms with van der Waals surface area (Å²) in [5.41, 5.74) is 0.895. The Morgan fingerprint density at radius 1 is 1.08 bits per heavy atom. The van der Waals surface area contributed by atoms with Gasteiger partial charge in [0.1, 0.15) is 0 Å². The fourth-order valence-corrected chi connectivity index (χ4v) is 5.06. The molecule has 140 valence electrons. The maximum Gasteiger partial charge on any atom is 0.261 e. The van der Waals surface area contributed by atoms with Gasteiger partial charge in [0.15, 0.2) is 9.84 Å². The van der Waals surface area contributed by atoms with E-state index >= 15 is 0 Å². The van der Waals surface area contributed by atoms with Crippen LogP contribution in [0.3, 0.4) is 0 Å². The minimum atomic E-state index is -3.00. The van der Waals surface area contributed by atoms with E-state index in [-0.39, 0.29) is 35.3 Å². The lowest BCUT2D eigenvalue weighted by Gasteiger charge is -2.14. The highest BCUT2D eigenvalue weighted by atomic mass is 32.2. The highest BCUT2D eigenvalue weighted by Crippen LogP contribution is 2.22. The van der Waals surface area contributed by atoms with Crippen molar-refractivity contribution in [3.05, 3.63) is 35.4 Å². The molecule has 0 saturated carbocycles. The highest BCUT2D eigenvalue weighted by Gasteiger charge is 2.34. The van der Waals surface area contributed by atoms with E-state index in [1.54, 1.807) is 24.3 Å². The summed E-state index contributed by atoms with van der Waals surface area (Å²) in [5, 5.41) is 2.76. The van der Waals surface area contributed by atoms with Gasteiger partial charge >= 0.3 is 0 Å². The van der Waals surface area contributed by atoms with E-state index in [9.17, 15) is 22.8 Å². The van der Waals surface area contributed by atoms with Crippen molar-refractivity contribution in [2.45, 2.75) is 38.1 Å². The summed E-state index contributed by atoms with van der Waals surface area (Å²) < 4.78 is 22.7. The molecule has 1 unspecified atom stereocenters. The molecule has 3 amide bonds. The van der Waals surface area contributed by atoms with Crippen LogP contribution in [0.25, 0.3) is 0 Å². The Hall–Kier alpha value is -2.22.